The summed E-state index contributed by atoms with van der Waals surface area (Å²) in [6, 6.07) is 7.31. The number of benzene rings is 1. The molecule has 0 spiro atoms. The van der Waals surface area contributed by atoms with Crippen LogP contribution in [0.4, 0.5) is 4.39 Å². The summed E-state index contributed by atoms with van der Waals surface area (Å²) in [7, 11) is 0. The summed E-state index contributed by atoms with van der Waals surface area (Å²) in [5.41, 5.74) is 1.55. The van der Waals surface area contributed by atoms with Crippen LogP contribution < -0.4 is 5.56 Å². The fourth-order valence-electron chi connectivity index (χ4n) is 1.97. The summed E-state index contributed by atoms with van der Waals surface area (Å²) in [6.07, 6.45) is 0. The Labute approximate surface area is 133 Å². The molecule has 0 saturated heterocycles. The molecule has 0 atom stereocenters. The average molecular weight is 341 g/mol. The molecule has 0 aliphatic rings. The minimum Gasteiger partial charge on any atom is -0.301 e. The minimum absolute atomic E-state index is 0.201. The Morgan fingerprint density at radius 1 is 1.33 bits per heavy atom. The van der Waals surface area contributed by atoms with Crippen molar-refractivity contribution in [3.63, 3.8) is 0 Å². The van der Waals surface area contributed by atoms with Gasteiger partial charge in [0, 0.05) is 21.7 Å². The Bertz CT molecular complexity index is 829. The zero-order valence-electron chi connectivity index (χ0n) is 10.7. The maximum atomic E-state index is 12.3. The predicted molar refractivity (Wildman–Crippen MR) is 87.4 cm³/mol. The molecule has 0 fully saturated rings. The number of nitrogens with one attached hydrogen (secondary N) is 1. The number of nitrogens with zero attached hydrogens (tertiary/aromatic N) is 1. The number of H-pyrrole nitrogens is 1. The van der Waals surface area contributed by atoms with E-state index in [9.17, 15) is 9.18 Å². The Kier molecular flexibility index (Phi) is 4.28. The normalized spacial score (nSPS) is 11.1. The summed E-state index contributed by atoms with van der Waals surface area (Å²) >= 11 is 8.49. The van der Waals surface area contributed by atoms with Gasteiger partial charge in [0.2, 0.25) is 0 Å². The Morgan fingerprint density at radius 3 is 2.81 bits per heavy atom. The van der Waals surface area contributed by atoms with Gasteiger partial charge in [-0.15, -0.1) is 11.3 Å². The van der Waals surface area contributed by atoms with Crippen LogP contribution in [-0.2, 0) is 0 Å². The van der Waals surface area contributed by atoms with Crippen LogP contribution in [0.2, 0.25) is 5.02 Å². The fraction of sp³-hybridized carbons (Fsp3) is 0.143. The number of rotatable bonds is 4. The molecule has 0 aliphatic carbocycles. The van der Waals surface area contributed by atoms with Crippen LogP contribution in [0.15, 0.2) is 39.6 Å². The Balaban J connectivity index is 2.10. The smallest absolute Gasteiger partial charge is 0.260 e. The van der Waals surface area contributed by atoms with Gasteiger partial charge >= 0.3 is 0 Å². The number of thiophene rings is 1. The van der Waals surface area contributed by atoms with Crippen LogP contribution in [0, 0.1) is 0 Å². The number of aromatic amines is 1. The summed E-state index contributed by atoms with van der Waals surface area (Å²) in [6.45, 7) is -0.452. The Morgan fingerprint density at radius 2 is 2.10 bits per heavy atom. The first kappa shape index (κ1) is 14.6. The molecule has 3 rings (SSSR count). The highest BCUT2D eigenvalue weighted by molar-refractivity contribution is 7.99. The Hall–Kier alpha value is -1.37. The van der Waals surface area contributed by atoms with E-state index in [2.05, 4.69) is 9.97 Å². The van der Waals surface area contributed by atoms with Gasteiger partial charge in [0.05, 0.1) is 12.1 Å². The topological polar surface area (TPSA) is 45.8 Å². The maximum absolute atomic E-state index is 12.3. The van der Waals surface area contributed by atoms with Crippen molar-refractivity contribution >= 4 is 44.9 Å². The van der Waals surface area contributed by atoms with E-state index in [-0.39, 0.29) is 11.3 Å². The summed E-state index contributed by atoms with van der Waals surface area (Å²) in [5.74, 6) is 0.282. The number of hydrogen-bond acceptors (Lipinski definition) is 4. The molecule has 0 aliphatic heterocycles. The number of halogens is 2. The standard InChI is InChI=1S/C14H10ClFN2OS2/c15-9-3-1-8(2-4-9)10-7-21-13-11(10)12(19)17-14(18-13)20-6-5-16/h1-4,7H,5-6H2,(H,17,18,19). The molecule has 1 aromatic carbocycles. The molecular formula is C14H10ClFN2OS2. The van der Waals surface area contributed by atoms with Gasteiger partial charge in [-0.3, -0.25) is 9.18 Å². The molecule has 3 nitrogen and oxygen atoms in total. The molecule has 0 amide bonds. The zero-order valence-corrected chi connectivity index (χ0v) is 13.1. The van der Waals surface area contributed by atoms with E-state index in [1.165, 1.54) is 23.1 Å². The molecule has 3 aromatic rings. The number of thioether (sulfide) groups is 1. The van der Waals surface area contributed by atoms with Gasteiger partial charge < -0.3 is 4.98 Å². The van der Waals surface area contributed by atoms with Crippen molar-refractivity contribution < 1.29 is 4.39 Å². The van der Waals surface area contributed by atoms with Crippen LogP contribution >= 0.6 is 34.7 Å². The predicted octanol–water partition coefficient (Wildman–Crippen LogP) is 4.37. The lowest BCUT2D eigenvalue weighted by Crippen LogP contribution is -2.08. The van der Waals surface area contributed by atoms with Gasteiger partial charge in [0.25, 0.3) is 5.56 Å². The van der Waals surface area contributed by atoms with E-state index in [0.29, 0.717) is 20.4 Å². The molecule has 0 unspecified atom stereocenters. The lowest BCUT2D eigenvalue weighted by Gasteiger charge is -2.01. The molecule has 7 heteroatoms. The van der Waals surface area contributed by atoms with E-state index < -0.39 is 6.67 Å². The molecule has 108 valence electrons. The average Bonchev–Trinajstić information content (AvgIpc) is 2.90. The first-order chi connectivity index (χ1) is 10.2. The van der Waals surface area contributed by atoms with Crippen LogP contribution in [0.5, 0.6) is 0 Å². The highest BCUT2D eigenvalue weighted by Crippen LogP contribution is 2.32. The molecule has 0 bridgehead atoms. The van der Waals surface area contributed by atoms with Crippen LogP contribution in [0.1, 0.15) is 0 Å². The molecule has 0 radical (unpaired) electrons. The first-order valence-corrected chi connectivity index (χ1v) is 8.39. The quantitative estimate of drug-likeness (QED) is 0.566. The van der Waals surface area contributed by atoms with Gasteiger partial charge in [-0.1, -0.05) is 35.5 Å². The highest BCUT2D eigenvalue weighted by Gasteiger charge is 2.13. The van der Waals surface area contributed by atoms with Crippen molar-refractivity contribution in [1.82, 2.24) is 9.97 Å². The third-order valence-corrected chi connectivity index (χ3v) is 4.84. The third-order valence-electron chi connectivity index (χ3n) is 2.89. The highest BCUT2D eigenvalue weighted by atomic mass is 35.5. The second-order valence-electron chi connectivity index (χ2n) is 4.24. The van der Waals surface area contributed by atoms with E-state index in [4.69, 9.17) is 11.6 Å². The number of hydrogen-bond donors (Lipinski definition) is 1. The van der Waals surface area contributed by atoms with E-state index in [1.54, 1.807) is 12.1 Å². The van der Waals surface area contributed by atoms with Crippen molar-refractivity contribution in [2.75, 3.05) is 12.4 Å². The van der Waals surface area contributed by atoms with Crippen LogP contribution in [-0.4, -0.2) is 22.4 Å². The summed E-state index contributed by atoms with van der Waals surface area (Å²) in [5, 5.41) is 3.57. The van der Waals surface area contributed by atoms with Gasteiger partial charge in [-0.2, -0.15) is 0 Å². The van der Waals surface area contributed by atoms with Crippen molar-refractivity contribution in [3.8, 4) is 11.1 Å². The maximum Gasteiger partial charge on any atom is 0.260 e. The van der Waals surface area contributed by atoms with Crippen LogP contribution in [0.3, 0.4) is 0 Å². The zero-order chi connectivity index (χ0) is 14.8. The van der Waals surface area contributed by atoms with Gasteiger partial charge in [0.1, 0.15) is 4.83 Å². The fourth-order valence-corrected chi connectivity index (χ4v) is 3.70. The van der Waals surface area contributed by atoms with Gasteiger partial charge in [-0.25, -0.2) is 4.98 Å². The number of fused-ring (bicyclic) bond motifs is 1. The van der Waals surface area contributed by atoms with E-state index >= 15 is 0 Å². The monoisotopic (exact) mass is 340 g/mol. The van der Waals surface area contributed by atoms with Crippen molar-refractivity contribution in [2.24, 2.45) is 0 Å². The lowest BCUT2D eigenvalue weighted by atomic mass is 10.1. The molecule has 0 saturated carbocycles. The molecule has 21 heavy (non-hydrogen) atoms. The molecule has 2 heterocycles. The summed E-state index contributed by atoms with van der Waals surface area (Å²) < 4.78 is 12.2. The van der Waals surface area contributed by atoms with Crippen molar-refractivity contribution in [2.45, 2.75) is 5.16 Å². The lowest BCUT2D eigenvalue weighted by molar-refractivity contribution is 0.532. The van der Waals surface area contributed by atoms with Crippen LogP contribution in [0.25, 0.3) is 21.3 Å². The molecule has 1 N–H and O–H groups in total. The van der Waals surface area contributed by atoms with Gasteiger partial charge in [-0.05, 0) is 17.7 Å². The third kappa shape index (κ3) is 2.97. The molecular weight excluding hydrogens is 331 g/mol. The number of aromatic nitrogens is 2. The minimum atomic E-state index is -0.452. The van der Waals surface area contributed by atoms with Gasteiger partial charge in [0.15, 0.2) is 5.16 Å². The van der Waals surface area contributed by atoms with E-state index in [1.807, 2.05) is 17.5 Å². The molecule has 2 aromatic heterocycles. The van der Waals surface area contributed by atoms with Crippen molar-refractivity contribution in [1.29, 1.82) is 0 Å². The summed E-state index contributed by atoms with van der Waals surface area (Å²) in [4.78, 5) is 20.0. The SMILES string of the molecule is O=c1[nH]c(SCCF)nc2scc(-c3ccc(Cl)cc3)c12. The second kappa shape index (κ2) is 6.17. The van der Waals surface area contributed by atoms with Crippen molar-refractivity contribution in [3.05, 3.63) is 45.0 Å². The largest absolute Gasteiger partial charge is 0.301 e. The number of alkyl halides is 1. The second-order valence-corrected chi connectivity index (χ2v) is 6.62. The van der Waals surface area contributed by atoms with E-state index in [0.717, 1.165) is 11.1 Å². The first-order valence-electron chi connectivity index (χ1n) is 6.15.